The Morgan fingerprint density at radius 2 is 1.78 bits per heavy atom. The monoisotopic (exact) mass is 376 g/mol. The van der Waals surface area contributed by atoms with E-state index in [1.54, 1.807) is 23.1 Å². The number of carbonyl (C=O) groups is 1. The van der Waals surface area contributed by atoms with Crippen LogP contribution in [0.4, 0.5) is 10.5 Å². The first-order valence-corrected chi connectivity index (χ1v) is 10.2. The average molecular weight is 377 g/mol. The summed E-state index contributed by atoms with van der Waals surface area (Å²) in [7, 11) is -3.06. The highest BCUT2D eigenvalue weighted by Crippen LogP contribution is 2.38. The van der Waals surface area contributed by atoms with Crippen LogP contribution in [0.1, 0.15) is 25.7 Å². The van der Waals surface area contributed by atoms with Gasteiger partial charge in [0.25, 0.3) is 0 Å². The van der Waals surface area contributed by atoms with E-state index < -0.39 is 9.84 Å². The van der Waals surface area contributed by atoms with E-state index in [1.807, 2.05) is 0 Å². The van der Waals surface area contributed by atoms with Crippen molar-refractivity contribution < 1.29 is 13.2 Å². The second-order valence-corrected chi connectivity index (χ2v) is 9.41. The Labute approximate surface area is 145 Å². The largest absolute Gasteiger partial charge is 0.322 e. The smallest absolute Gasteiger partial charge is 0.318 e. The number of nitrogens with zero attached hydrogens (tertiary/aromatic N) is 1. The van der Waals surface area contributed by atoms with Gasteiger partial charge in [-0.15, -0.1) is 0 Å². The van der Waals surface area contributed by atoms with E-state index >= 15 is 0 Å². The van der Waals surface area contributed by atoms with Gasteiger partial charge in [0.15, 0.2) is 0 Å². The van der Waals surface area contributed by atoms with Crippen molar-refractivity contribution in [2.75, 3.05) is 11.6 Å². The maximum Gasteiger partial charge on any atom is 0.322 e. The normalized spacial score (nSPS) is 27.1. The highest BCUT2D eigenvalue weighted by atomic mass is 35.5. The van der Waals surface area contributed by atoms with Crippen LogP contribution in [-0.4, -0.2) is 42.9 Å². The fourth-order valence-electron chi connectivity index (χ4n) is 3.57. The van der Waals surface area contributed by atoms with E-state index in [1.165, 1.54) is 6.26 Å². The van der Waals surface area contributed by atoms with E-state index in [0.29, 0.717) is 28.6 Å². The number of anilines is 1. The molecule has 0 aliphatic carbocycles. The van der Waals surface area contributed by atoms with Crippen LogP contribution in [0.15, 0.2) is 18.2 Å². The van der Waals surface area contributed by atoms with Crippen molar-refractivity contribution in [2.45, 2.75) is 43.0 Å². The molecule has 2 aliphatic rings. The number of amides is 2. The molecule has 0 aromatic heterocycles. The van der Waals surface area contributed by atoms with Gasteiger partial charge < -0.3 is 10.2 Å². The molecule has 0 spiro atoms. The summed E-state index contributed by atoms with van der Waals surface area (Å²) in [6.07, 6.45) is 4.02. The van der Waals surface area contributed by atoms with Gasteiger partial charge in [0.1, 0.15) is 9.84 Å². The summed E-state index contributed by atoms with van der Waals surface area (Å²) in [5, 5.41) is 3.30. The standard InChI is InChI=1S/C15H18Cl2N2O3S/c1-23(21,22)12-7-10-3-4-11(8-12)19(10)15(20)18-9-2-5-13(16)14(17)6-9/h2,5-6,10-12H,3-4,7-8H2,1H3,(H,18,20). The Kier molecular flexibility index (Phi) is 4.51. The topological polar surface area (TPSA) is 66.5 Å². The number of piperidine rings is 1. The summed E-state index contributed by atoms with van der Waals surface area (Å²) in [6, 6.07) is 4.68. The molecule has 2 unspecified atom stereocenters. The van der Waals surface area contributed by atoms with Gasteiger partial charge in [0.05, 0.1) is 15.3 Å². The number of halogens is 2. The average Bonchev–Trinajstić information content (AvgIpc) is 2.72. The van der Waals surface area contributed by atoms with Crippen LogP contribution in [0.2, 0.25) is 10.0 Å². The Balaban J connectivity index is 1.73. The third kappa shape index (κ3) is 3.44. The molecule has 3 rings (SSSR count). The van der Waals surface area contributed by atoms with Crippen molar-refractivity contribution in [3.8, 4) is 0 Å². The maximum atomic E-state index is 12.6. The molecule has 2 saturated heterocycles. The van der Waals surface area contributed by atoms with Crippen molar-refractivity contribution in [3.63, 3.8) is 0 Å². The molecule has 2 aliphatic heterocycles. The maximum absolute atomic E-state index is 12.6. The molecule has 0 saturated carbocycles. The Hall–Kier alpha value is -0.980. The van der Waals surface area contributed by atoms with Gasteiger partial charge in [-0.2, -0.15) is 0 Å². The summed E-state index contributed by atoms with van der Waals surface area (Å²) < 4.78 is 23.6. The van der Waals surface area contributed by atoms with E-state index in [-0.39, 0.29) is 23.4 Å². The number of hydrogen-bond donors (Lipinski definition) is 1. The van der Waals surface area contributed by atoms with Gasteiger partial charge >= 0.3 is 6.03 Å². The number of benzene rings is 1. The summed E-state index contributed by atoms with van der Waals surface area (Å²) in [5.41, 5.74) is 0.578. The van der Waals surface area contributed by atoms with Crippen molar-refractivity contribution in [1.82, 2.24) is 4.90 Å². The Bertz CT molecular complexity index is 724. The number of sulfone groups is 1. The van der Waals surface area contributed by atoms with Crippen LogP contribution in [0.25, 0.3) is 0 Å². The third-order valence-electron chi connectivity index (χ3n) is 4.70. The zero-order valence-electron chi connectivity index (χ0n) is 12.6. The molecule has 2 bridgehead atoms. The van der Waals surface area contributed by atoms with E-state index in [9.17, 15) is 13.2 Å². The fourth-order valence-corrected chi connectivity index (χ4v) is 5.01. The predicted octanol–water partition coefficient (Wildman–Crippen LogP) is 3.57. The first-order valence-electron chi connectivity index (χ1n) is 7.49. The molecule has 1 N–H and O–H groups in total. The highest BCUT2D eigenvalue weighted by molar-refractivity contribution is 7.91. The predicted molar refractivity (Wildman–Crippen MR) is 92.0 cm³/mol. The molecular formula is C15H18Cl2N2O3S. The molecule has 126 valence electrons. The minimum absolute atomic E-state index is 0.0174. The highest BCUT2D eigenvalue weighted by Gasteiger charge is 2.45. The number of rotatable bonds is 2. The fraction of sp³-hybridized carbons (Fsp3) is 0.533. The van der Waals surface area contributed by atoms with Crippen LogP contribution >= 0.6 is 23.2 Å². The molecule has 23 heavy (non-hydrogen) atoms. The van der Waals surface area contributed by atoms with Crippen molar-refractivity contribution >= 4 is 44.8 Å². The molecule has 1 aromatic rings. The summed E-state index contributed by atoms with van der Waals surface area (Å²) in [6.45, 7) is 0. The lowest BCUT2D eigenvalue weighted by Gasteiger charge is -2.38. The van der Waals surface area contributed by atoms with Gasteiger partial charge in [-0.3, -0.25) is 0 Å². The van der Waals surface area contributed by atoms with E-state index in [2.05, 4.69) is 5.32 Å². The van der Waals surface area contributed by atoms with Crippen LogP contribution < -0.4 is 5.32 Å². The first kappa shape index (κ1) is 16.9. The van der Waals surface area contributed by atoms with Crippen molar-refractivity contribution in [2.24, 2.45) is 0 Å². The molecular weight excluding hydrogens is 359 g/mol. The van der Waals surface area contributed by atoms with Crippen molar-refractivity contribution in [3.05, 3.63) is 28.2 Å². The Morgan fingerprint density at radius 1 is 1.17 bits per heavy atom. The first-order chi connectivity index (χ1) is 10.8. The second-order valence-electron chi connectivity index (χ2n) is 6.27. The molecule has 1 aromatic carbocycles. The minimum Gasteiger partial charge on any atom is -0.318 e. The molecule has 2 heterocycles. The van der Waals surface area contributed by atoms with Gasteiger partial charge in [-0.1, -0.05) is 23.2 Å². The summed E-state index contributed by atoms with van der Waals surface area (Å²) in [5.74, 6) is 0. The lowest BCUT2D eigenvalue weighted by molar-refractivity contribution is 0.160. The summed E-state index contributed by atoms with van der Waals surface area (Å²) >= 11 is 11.8. The number of nitrogens with one attached hydrogen (secondary N) is 1. The third-order valence-corrected chi connectivity index (χ3v) is 7.04. The molecule has 5 nitrogen and oxygen atoms in total. The quantitative estimate of drug-likeness (QED) is 0.857. The van der Waals surface area contributed by atoms with E-state index in [4.69, 9.17) is 23.2 Å². The lowest BCUT2D eigenvalue weighted by atomic mass is 10.0. The number of urea groups is 1. The van der Waals surface area contributed by atoms with Gasteiger partial charge in [-0.25, -0.2) is 13.2 Å². The molecule has 2 atom stereocenters. The molecule has 2 amide bonds. The summed E-state index contributed by atoms with van der Waals surface area (Å²) in [4.78, 5) is 14.4. The zero-order valence-corrected chi connectivity index (χ0v) is 15.0. The lowest BCUT2D eigenvalue weighted by Crippen LogP contribution is -2.51. The molecule has 8 heteroatoms. The van der Waals surface area contributed by atoms with Crippen LogP contribution in [0.3, 0.4) is 0 Å². The zero-order chi connectivity index (χ0) is 16.8. The molecule has 2 fully saturated rings. The van der Waals surface area contributed by atoms with Crippen molar-refractivity contribution in [1.29, 1.82) is 0 Å². The number of carbonyl (C=O) groups excluding carboxylic acids is 1. The minimum atomic E-state index is -3.06. The molecule has 0 radical (unpaired) electrons. The SMILES string of the molecule is CS(=O)(=O)C1CC2CCC(C1)N2C(=O)Nc1ccc(Cl)c(Cl)c1. The van der Waals surface area contributed by atoms with E-state index in [0.717, 1.165) is 12.8 Å². The van der Waals surface area contributed by atoms with Gasteiger partial charge in [0.2, 0.25) is 0 Å². The number of hydrogen-bond acceptors (Lipinski definition) is 3. The van der Waals surface area contributed by atoms with Crippen LogP contribution in [-0.2, 0) is 9.84 Å². The second kappa shape index (κ2) is 6.15. The van der Waals surface area contributed by atoms with Gasteiger partial charge in [0, 0.05) is 24.0 Å². The Morgan fingerprint density at radius 3 is 2.30 bits per heavy atom. The van der Waals surface area contributed by atoms with Crippen LogP contribution in [0.5, 0.6) is 0 Å². The number of fused-ring (bicyclic) bond motifs is 2. The van der Waals surface area contributed by atoms with Gasteiger partial charge in [-0.05, 0) is 43.9 Å². The van der Waals surface area contributed by atoms with Crippen LogP contribution in [0, 0.1) is 0 Å².